The number of nitrogens with one attached hydrogen (secondary N) is 2. The maximum Gasteiger partial charge on any atom is 0.410 e. The lowest BCUT2D eigenvalue weighted by molar-refractivity contribution is -0.173. The molecule has 0 spiro atoms. The first-order chi connectivity index (χ1) is 16.6. The second-order valence-corrected chi connectivity index (χ2v) is 8.68. The number of amides is 1. The van der Waals surface area contributed by atoms with Gasteiger partial charge in [0.25, 0.3) is 5.91 Å². The number of aromatic nitrogens is 2. The van der Waals surface area contributed by atoms with Gasteiger partial charge < -0.3 is 24.8 Å². The second kappa shape index (κ2) is 9.68. The summed E-state index contributed by atoms with van der Waals surface area (Å²) in [5, 5.41) is 9.68. The van der Waals surface area contributed by atoms with E-state index in [1.807, 2.05) is 0 Å². The molecule has 0 bridgehead atoms. The molecule has 3 aromatic rings. The molecule has 4 rings (SSSR count). The number of rotatable bonds is 6. The zero-order chi connectivity index (χ0) is 25.3. The van der Waals surface area contributed by atoms with Gasteiger partial charge in [0.1, 0.15) is 5.82 Å². The summed E-state index contributed by atoms with van der Waals surface area (Å²) in [6.45, 7) is 0. The van der Waals surface area contributed by atoms with Crippen molar-refractivity contribution in [3.8, 4) is 17.2 Å². The van der Waals surface area contributed by atoms with Gasteiger partial charge in [-0.2, -0.15) is 18.3 Å². The molecule has 1 aliphatic rings. The minimum absolute atomic E-state index is 0.0986. The molecule has 1 amide bonds. The fourth-order valence-electron chi connectivity index (χ4n) is 3.95. The van der Waals surface area contributed by atoms with Gasteiger partial charge in [-0.15, -0.1) is 0 Å². The Balaban J connectivity index is 1.64. The third kappa shape index (κ3) is 5.02. The number of carbonyl (C=O) groups is 1. The van der Waals surface area contributed by atoms with Crippen LogP contribution in [0.1, 0.15) is 34.6 Å². The van der Waals surface area contributed by atoms with Gasteiger partial charge in [-0.1, -0.05) is 28.1 Å². The molecule has 0 saturated heterocycles. The molecule has 2 N–H and O–H groups in total. The van der Waals surface area contributed by atoms with Crippen LogP contribution in [0.25, 0.3) is 0 Å². The van der Waals surface area contributed by atoms with Crippen LogP contribution in [0, 0.1) is 0 Å². The van der Waals surface area contributed by atoms with E-state index in [-0.39, 0.29) is 17.9 Å². The highest BCUT2D eigenvalue weighted by atomic mass is 79.9. The van der Waals surface area contributed by atoms with Crippen molar-refractivity contribution < 1.29 is 32.2 Å². The highest BCUT2D eigenvalue weighted by molar-refractivity contribution is 9.10. The zero-order valence-electron chi connectivity index (χ0n) is 18.9. The summed E-state index contributed by atoms with van der Waals surface area (Å²) in [6.07, 6.45) is -4.82. The molecule has 1 aromatic heterocycles. The van der Waals surface area contributed by atoms with E-state index in [2.05, 4.69) is 31.7 Å². The van der Waals surface area contributed by atoms with Crippen molar-refractivity contribution in [1.29, 1.82) is 0 Å². The summed E-state index contributed by atoms with van der Waals surface area (Å²) >= 11 is 3.33. The van der Waals surface area contributed by atoms with Gasteiger partial charge in [0, 0.05) is 34.8 Å². The molecule has 2 atom stereocenters. The minimum Gasteiger partial charge on any atom is -0.493 e. The Hall–Kier alpha value is -3.41. The lowest BCUT2D eigenvalue weighted by Crippen LogP contribution is -2.35. The Morgan fingerprint density at radius 2 is 1.71 bits per heavy atom. The van der Waals surface area contributed by atoms with E-state index >= 15 is 0 Å². The third-order valence-corrected chi connectivity index (χ3v) is 6.15. The van der Waals surface area contributed by atoms with E-state index < -0.39 is 24.2 Å². The summed E-state index contributed by atoms with van der Waals surface area (Å²) < 4.78 is 59.2. The van der Waals surface area contributed by atoms with Crippen LogP contribution in [0.3, 0.4) is 0 Å². The predicted molar refractivity (Wildman–Crippen MR) is 126 cm³/mol. The molecule has 2 heterocycles. The Labute approximate surface area is 207 Å². The maximum absolute atomic E-state index is 13.9. The number of hydrogen-bond acceptors (Lipinski definition) is 6. The number of nitrogens with zero attached hydrogens (tertiary/aromatic N) is 2. The Morgan fingerprint density at radius 3 is 2.26 bits per heavy atom. The van der Waals surface area contributed by atoms with Crippen LogP contribution in [0.4, 0.5) is 24.7 Å². The number of halogens is 4. The number of methoxy groups -OCH3 is 3. The fourth-order valence-corrected chi connectivity index (χ4v) is 4.21. The van der Waals surface area contributed by atoms with Crippen LogP contribution in [-0.4, -0.2) is 43.2 Å². The first kappa shape index (κ1) is 24.7. The number of ether oxygens (including phenoxy) is 3. The van der Waals surface area contributed by atoms with Gasteiger partial charge in [0.2, 0.25) is 5.75 Å². The topological polar surface area (TPSA) is 86.6 Å². The van der Waals surface area contributed by atoms with Crippen molar-refractivity contribution in [2.75, 3.05) is 32.0 Å². The van der Waals surface area contributed by atoms with Gasteiger partial charge in [0.05, 0.1) is 27.4 Å². The molecule has 0 saturated carbocycles. The standard InChI is InChI=1S/C23H22BrF3N4O4/c1-33-17-8-14(9-18(34-2)21(17)35-3)28-22(32)16-11-20-29-15(12-4-6-13(24)7-5-12)10-19(23(25,26)27)31(20)30-16/h4-9,11,15,19,29H,10H2,1-3H3,(H,28,32)/t15-,19+/m1/s1. The van der Waals surface area contributed by atoms with Crippen LogP contribution < -0.4 is 24.8 Å². The summed E-state index contributed by atoms with van der Waals surface area (Å²) in [4.78, 5) is 12.9. The summed E-state index contributed by atoms with van der Waals surface area (Å²) in [6, 6.07) is 8.85. The number of benzene rings is 2. The van der Waals surface area contributed by atoms with E-state index in [4.69, 9.17) is 14.2 Å². The van der Waals surface area contributed by atoms with E-state index in [9.17, 15) is 18.0 Å². The van der Waals surface area contributed by atoms with Crippen LogP contribution in [0.2, 0.25) is 0 Å². The summed E-state index contributed by atoms with van der Waals surface area (Å²) in [7, 11) is 4.30. The average molecular weight is 555 g/mol. The first-order valence-electron chi connectivity index (χ1n) is 10.4. The van der Waals surface area contributed by atoms with Crippen LogP contribution in [-0.2, 0) is 0 Å². The van der Waals surface area contributed by atoms with Crippen molar-refractivity contribution in [3.63, 3.8) is 0 Å². The molecule has 0 fully saturated rings. The van der Waals surface area contributed by atoms with E-state index in [1.54, 1.807) is 24.3 Å². The molecule has 2 aromatic carbocycles. The zero-order valence-corrected chi connectivity index (χ0v) is 20.5. The SMILES string of the molecule is COc1cc(NC(=O)c2cc3n(n2)[C@H](C(F)(F)F)C[C@H](c2ccc(Br)cc2)N3)cc(OC)c1OC. The highest BCUT2D eigenvalue weighted by Crippen LogP contribution is 2.44. The quantitative estimate of drug-likeness (QED) is 0.413. The molecule has 186 valence electrons. The highest BCUT2D eigenvalue weighted by Gasteiger charge is 2.46. The van der Waals surface area contributed by atoms with Crippen molar-refractivity contribution in [2.45, 2.75) is 24.7 Å². The maximum atomic E-state index is 13.9. The Kier molecular flexibility index (Phi) is 6.84. The van der Waals surface area contributed by atoms with Crippen molar-refractivity contribution in [1.82, 2.24) is 9.78 Å². The Morgan fingerprint density at radius 1 is 1.09 bits per heavy atom. The molecule has 0 unspecified atom stereocenters. The smallest absolute Gasteiger partial charge is 0.410 e. The largest absolute Gasteiger partial charge is 0.493 e. The predicted octanol–water partition coefficient (Wildman–Crippen LogP) is 5.58. The van der Waals surface area contributed by atoms with E-state index in [0.29, 0.717) is 28.5 Å². The number of anilines is 2. The van der Waals surface area contributed by atoms with Crippen LogP contribution >= 0.6 is 15.9 Å². The third-order valence-electron chi connectivity index (χ3n) is 5.62. The molecule has 0 radical (unpaired) electrons. The number of fused-ring (bicyclic) bond motifs is 1. The van der Waals surface area contributed by atoms with Crippen molar-refractivity contribution in [2.24, 2.45) is 0 Å². The van der Waals surface area contributed by atoms with Crippen LogP contribution in [0.5, 0.6) is 17.2 Å². The molecule has 12 heteroatoms. The molecule has 35 heavy (non-hydrogen) atoms. The number of alkyl halides is 3. The lowest BCUT2D eigenvalue weighted by atomic mass is 9.97. The monoisotopic (exact) mass is 554 g/mol. The number of carbonyl (C=O) groups excluding carboxylic acids is 1. The van der Waals surface area contributed by atoms with Crippen molar-refractivity contribution in [3.05, 3.63) is 58.2 Å². The van der Waals surface area contributed by atoms with Gasteiger partial charge in [0.15, 0.2) is 23.2 Å². The minimum atomic E-state index is -4.55. The van der Waals surface area contributed by atoms with Crippen molar-refractivity contribution >= 4 is 33.3 Å². The Bertz CT molecular complexity index is 1210. The molecule has 8 nitrogen and oxygen atoms in total. The van der Waals surface area contributed by atoms with E-state index in [1.165, 1.54) is 39.5 Å². The summed E-state index contributed by atoms with van der Waals surface area (Å²) in [5.74, 6) is 0.358. The lowest BCUT2D eigenvalue weighted by Gasteiger charge is -2.33. The summed E-state index contributed by atoms with van der Waals surface area (Å²) in [5.41, 5.74) is 0.814. The van der Waals surface area contributed by atoms with Gasteiger partial charge in [-0.3, -0.25) is 4.79 Å². The van der Waals surface area contributed by atoms with E-state index in [0.717, 1.165) is 9.15 Å². The van der Waals surface area contributed by atoms with Gasteiger partial charge >= 0.3 is 6.18 Å². The first-order valence-corrected chi connectivity index (χ1v) is 11.2. The average Bonchev–Trinajstić information content (AvgIpc) is 3.27. The molecular weight excluding hydrogens is 533 g/mol. The normalized spacial score (nSPS) is 17.2. The van der Waals surface area contributed by atoms with Crippen LogP contribution in [0.15, 0.2) is 46.9 Å². The number of hydrogen-bond donors (Lipinski definition) is 2. The molecule has 1 aliphatic heterocycles. The van der Waals surface area contributed by atoms with Gasteiger partial charge in [-0.25, -0.2) is 4.68 Å². The van der Waals surface area contributed by atoms with Gasteiger partial charge in [-0.05, 0) is 17.7 Å². The second-order valence-electron chi connectivity index (χ2n) is 7.77. The fraction of sp³-hybridized carbons (Fsp3) is 0.304. The molecule has 0 aliphatic carbocycles. The molecular formula is C23H22BrF3N4O4.